The number of hydrogen-bond donors (Lipinski definition) is 3. The lowest BCUT2D eigenvalue weighted by atomic mass is 10.1. The van der Waals surface area contributed by atoms with E-state index in [2.05, 4.69) is 40.9 Å². The SMILES string of the molecule is Cc1nnc(-c2cc(Cl)ccc2F)cc1Nc1ccnc(NC(=O)CCN2CCN(CCNC(=O)OC(C)(C)C)CC2)c1. The molecule has 2 aromatic heterocycles. The van der Waals surface area contributed by atoms with Gasteiger partial charge in [0.25, 0.3) is 0 Å². The van der Waals surface area contributed by atoms with E-state index < -0.39 is 17.5 Å². The third-order valence-electron chi connectivity index (χ3n) is 6.71. The van der Waals surface area contributed by atoms with Crippen molar-refractivity contribution < 1.29 is 18.7 Å². The molecule has 0 radical (unpaired) electrons. The molecule has 3 heterocycles. The van der Waals surface area contributed by atoms with Crippen molar-refractivity contribution in [3.63, 3.8) is 0 Å². The van der Waals surface area contributed by atoms with Crippen molar-refractivity contribution in [3.05, 3.63) is 59.1 Å². The number of nitrogens with one attached hydrogen (secondary N) is 3. The quantitative estimate of drug-likeness (QED) is 0.294. The molecule has 1 aliphatic rings. The van der Waals surface area contributed by atoms with E-state index >= 15 is 0 Å². The summed E-state index contributed by atoms with van der Waals surface area (Å²) in [4.78, 5) is 33.3. The Labute approximate surface area is 256 Å². The number of hydrogen-bond acceptors (Lipinski definition) is 9. The summed E-state index contributed by atoms with van der Waals surface area (Å²) < 4.78 is 19.6. The van der Waals surface area contributed by atoms with Gasteiger partial charge in [0, 0.05) is 80.8 Å². The number of rotatable bonds is 10. The first-order valence-corrected chi connectivity index (χ1v) is 14.6. The van der Waals surface area contributed by atoms with Gasteiger partial charge in [0.1, 0.15) is 17.2 Å². The van der Waals surface area contributed by atoms with Crippen molar-refractivity contribution in [1.82, 2.24) is 30.3 Å². The van der Waals surface area contributed by atoms with Crippen LogP contribution in [0, 0.1) is 12.7 Å². The van der Waals surface area contributed by atoms with Gasteiger partial charge in [0.15, 0.2) is 0 Å². The van der Waals surface area contributed by atoms with E-state index in [0.29, 0.717) is 53.1 Å². The van der Waals surface area contributed by atoms with Gasteiger partial charge in [-0.15, -0.1) is 0 Å². The number of anilines is 3. The Bertz CT molecular complexity index is 1430. The Kier molecular flexibility index (Phi) is 10.8. The van der Waals surface area contributed by atoms with E-state index in [9.17, 15) is 14.0 Å². The topological polar surface area (TPSA) is 125 Å². The van der Waals surface area contributed by atoms with Gasteiger partial charge >= 0.3 is 6.09 Å². The molecule has 2 amide bonds. The average molecular weight is 613 g/mol. The second kappa shape index (κ2) is 14.5. The number of piperazine rings is 1. The molecule has 3 aromatic rings. The third kappa shape index (κ3) is 10.1. The number of amides is 2. The third-order valence-corrected chi connectivity index (χ3v) is 6.94. The van der Waals surface area contributed by atoms with Gasteiger partial charge < -0.3 is 25.6 Å². The number of aromatic nitrogens is 3. The zero-order valence-electron chi connectivity index (χ0n) is 24.9. The molecule has 13 heteroatoms. The molecule has 230 valence electrons. The summed E-state index contributed by atoms with van der Waals surface area (Å²) in [5.74, 6) is -0.163. The van der Waals surface area contributed by atoms with Gasteiger partial charge in [0.05, 0.1) is 17.1 Å². The smallest absolute Gasteiger partial charge is 0.407 e. The van der Waals surface area contributed by atoms with Crippen LogP contribution in [0.25, 0.3) is 11.3 Å². The van der Waals surface area contributed by atoms with E-state index in [1.807, 2.05) is 20.8 Å². The molecule has 3 N–H and O–H groups in total. The molecule has 0 spiro atoms. The van der Waals surface area contributed by atoms with Crippen LogP contribution in [-0.2, 0) is 9.53 Å². The molecule has 43 heavy (non-hydrogen) atoms. The Balaban J connectivity index is 1.22. The Morgan fingerprint density at radius 1 is 1.02 bits per heavy atom. The van der Waals surface area contributed by atoms with Gasteiger partial charge in [-0.05, 0) is 58.0 Å². The summed E-state index contributed by atoms with van der Waals surface area (Å²) in [5.41, 5.74) is 2.01. The fraction of sp³-hybridized carbons (Fsp3) is 0.433. The van der Waals surface area contributed by atoms with Crippen LogP contribution < -0.4 is 16.0 Å². The number of nitrogens with zero attached hydrogens (tertiary/aromatic N) is 5. The maximum Gasteiger partial charge on any atom is 0.407 e. The second-order valence-corrected chi connectivity index (χ2v) is 11.8. The summed E-state index contributed by atoms with van der Waals surface area (Å²) in [6.45, 7) is 12.6. The standard InChI is InChI=1S/C30H38ClFN8O3/c1-20-25(19-26(38-37-20)23-17-21(31)5-6-24(23)32)35-22-7-9-33-27(18-22)36-28(41)8-11-39-13-15-40(16-14-39)12-10-34-29(42)43-30(2,3)4/h5-7,9,17-19H,8,10-16H2,1-4H3,(H,34,42)(H2,33,35,36,38,41). The zero-order valence-corrected chi connectivity index (χ0v) is 25.7. The van der Waals surface area contributed by atoms with Crippen LogP contribution in [0.2, 0.25) is 5.02 Å². The van der Waals surface area contributed by atoms with Crippen LogP contribution in [0.5, 0.6) is 0 Å². The molecule has 0 bridgehead atoms. The first kappa shape index (κ1) is 32.1. The van der Waals surface area contributed by atoms with E-state index in [1.165, 1.54) is 18.2 Å². The van der Waals surface area contributed by atoms with E-state index in [-0.39, 0.29) is 11.5 Å². The van der Waals surface area contributed by atoms with Gasteiger partial charge in [-0.3, -0.25) is 9.69 Å². The predicted molar refractivity (Wildman–Crippen MR) is 165 cm³/mol. The highest BCUT2D eigenvalue weighted by molar-refractivity contribution is 6.30. The van der Waals surface area contributed by atoms with Crippen molar-refractivity contribution >= 4 is 40.8 Å². The van der Waals surface area contributed by atoms with E-state index in [0.717, 1.165) is 32.7 Å². The minimum atomic E-state index is -0.513. The molecule has 0 saturated carbocycles. The summed E-state index contributed by atoms with van der Waals surface area (Å²) in [6.07, 6.45) is 1.52. The highest BCUT2D eigenvalue weighted by Gasteiger charge is 2.19. The van der Waals surface area contributed by atoms with Crippen LogP contribution >= 0.6 is 11.6 Å². The number of pyridine rings is 1. The molecule has 0 unspecified atom stereocenters. The number of aryl methyl sites for hydroxylation is 1. The molecule has 1 saturated heterocycles. The van der Waals surface area contributed by atoms with Crippen molar-refractivity contribution in [3.8, 4) is 11.3 Å². The fourth-order valence-electron chi connectivity index (χ4n) is 4.47. The predicted octanol–water partition coefficient (Wildman–Crippen LogP) is 4.85. The maximum absolute atomic E-state index is 14.4. The number of halogens is 2. The lowest BCUT2D eigenvalue weighted by Crippen LogP contribution is -2.49. The van der Waals surface area contributed by atoms with Gasteiger partial charge in [-0.2, -0.15) is 10.2 Å². The van der Waals surface area contributed by atoms with E-state index in [4.69, 9.17) is 16.3 Å². The summed E-state index contributed by atoms with van der Waals surface area (Å²) in [5, 5.41) is 17.6. The first-order valence-electron chi connectivity index (χ1n) is 14.2. The van der Waals surface area contributed by atoms with Crippen molar-refractivity contribution in [2.24, 2.45) is 0 Å². The molecular weight excluding hydrogens is 575 g/mol. The van der Waals surface area contributed by atoms with Crippen molar-refractivity contribution in [1.29, 1.82) is 0 Å². The molecule has 0 aliphatic carbocycles. The zero-order chi connectivity index (χ0) is 31.0. The highest BCUT2D eigenvalue weighted by atomic mass is 35.5. The maximum atomic E-state index is 14.4. The molecule has 11 nitrogen and oxygen atoms in total. The minimum absolute atomic E-state index is 0.130. The molecule has 1 fully saturated rings. The summed E-state index contributed by atoms with van der Waals surface area (Å²) in [7, 11) is 0. The molecule has 0 atom stereocenters. The van der Waals surface area contributed by atoms with Gasteiger partial charge in [0.2, 0.25) is 5.91 Å². The Morgan fingerprint density at radius 2 is 1.74 bits per heavy atom. The minimum Gasteiger partial charge on any atom is -0.444 e. The van der Waals surface area contributed by atoms with Crippen molar-refractivity contribution in [2.75, 3.05) is 56.4 Å². The lowest BCUT2D eigenvalue weighted by Gasteiger charge is -2.34. The Morgan fingerprint density at radius 3 is 2.47 bits per heavy atom. The van der Waals surface area contributed by atoms with Crippen LogP contribution in [0.15, 0.2) is 42.6 Å². The summed E-state index contributed by atoms with van der Waals surface area (Å²) in [6, 6.07) is 9.46. The largest absolute Gasteiger partial charge is 0.444 e. The monoisotopic (exact) mass is 612 g/mol. The number of benzene rings is 1. The number of alkyl carbamates (subject to hydrolysis) is 1. The van der Waals surface area contributed by atoms with Crippen molar-refractivity contribution in [2.45, 2.75) is 39.7 Å². The van der Waals surface area contributed by atoms with Gasteiger partial charge in [-0.25, -0.2) is 14.2 Å². The van der Waals surface area contributed by atoms with Gasteiger partial charge in [-0.1, -0.05) is 11.6 Å². The molecular formula is C30H38ClFN8O3. The number of carbonyl (C=O) groups excluding carboxylic acids is 2. The first-order chi connectivity index (χ1) is 20.4. The van der Waals surface area contributed by atoms with Crippen LogP contribution in [-0.4, -0.2) is 88.4 Å². The van der Waals surface area contributed by atoms with Crippen LogP contribution in [0.4, 0.5) is 26.4 Å². The second-order valence-electron chi connectivity index (χ2n) is 11.3. The fourth-order valence-corrected chi connectivity index (χ4v) is 4.64. The lowest BCUT2D eigenvalue weighted by molar-refractivity contribution is -0.116. The molecule has 1 aromatic carbocycles. The van der Waals surface area contributed by atoms with Crippen LogP contribution in [0.3, 0.4) is 0 Å². The summed E-state index contributed by atoms with van der Waals surface area (Å²) >= 11 is 6.05. The molecule has 1 aliphatic heterocycles. The molecule has 4 rings (SSSR count). The Hall–Kier alpha value is -3.87. The number of ether oxygens (including phenoxy) is 1. The average Bonchev–Trinajstić information content (AvgIpc) is 2.94. The van der Waals surface area contributed by atoms with E-state index in [1.54, 1.807) is 31.3 Å². The van der Waals surface area contributed by atoms with Crippen LogP contribution in [0.1, 0.15) is 32.9 Å². The highest BCUT2D eigenvalue weighted by Crippen LogP contribution is 2.28. The normalized spacial score (nSPS) is 14.3. The number of carbonyl (C=O) groups is 2.